The maximum atomic E-state index is 11.5. The van der Waals surface area contributed by atoms with Crippen LogP contribution in [0.25, 0.3) is 5.69 Å². The summed E-state index contributed by atoms with van der Waals surface area (Å²) in [6.45, 7) is 2.47. The van der Waals surface area contributed by atoms with E-state index in [0.717, 1.165) is 11.3 Å². The number of rotatable bonds is 5. The number of hydrogen-bond donors (Lipinski definition) is 1. The number of benzene rings is 2. The summed E-state index contributed by atoms with van der Waals surface area (Å²) in [6, 6.07) is 14.4. The van der Waals surface area contributed by atoms with Crippen LogP contribution < -0.4 is 5.32 Å². The second-order valence-electron chi connectivity index (χ2n) is 5.44. The molecule has 1 N–H and O–H groups in total. The number of anilines is 1. The largest absolute Gasteiger partial charge is 0.377 e. The third-order valence-corrected chi connectivity index (χ3v) is 4.75. The Labute approximate surface area is 140 Å². The van der Waals surface area contributed by atoms with Gasteiger partial charge in [0.15, 0.2) is 15.7 Å². The highest BCUT2D eigenvalue weighted by Gasteiger charge is 2.11. The molecule has 3 aromatic rings. The standard InChI is InChI=1S/C16H17N5O2S/c1-12-5-3-4-6-15(12)17-11-16-18-19-20-21(16)13-7-9-14(10-8-13)24(2,22)23/h3-10,17H,11H2,1-2H3. The van der Waals surface area contributed by atoms with Crippen molar-refractivity contribution in [3.8, 4) is 5.69 Å². The number of para-hydroxylation sites is 1. The van der Waals surface area contributed by atoms with Crippen molar-refractivity contribution in [1.29, 1.82) is 0 Å². The molecule has 124 valence electrons. The molecule has 0 fully saturated rings. The molecule has 0 unspecified atom stereocenters. The predicted molar refractivity (Wildman–Crippen MR) is 90.8 cm³/mol. The Balaban J connectivity index is 1.82. The minimum atomic E-state index is -3.22. The molecule has 0 bridgehead atoms. The first-order valence-electron chi connectivity index (χ1n) is 7.32. The second-order valence-corrected chi connectivity index (χ2v) is 7.46. The molecule has 7 nitrogen and oxygen atoms in total. The lowest BCUT2D eigenvalue weighted by molar-refractivity contribution is 0.602. The Morgan fingerprint density at radius 1 is 1.08 bits per heavy atom. The van der Waals surface area contributed by atoms with E-state index in [-0.39, 0.29) is 4.90 Å². The van der Waals surface area contributed by atoms with E-state index in [1.54, 1.807) is 28.9 Å². The van der Waals surface area contributed by atoms with Crippen molar-refractivity contribution in [3.05, 3.63) is 59.9 Å². The van der Waals surface area contributed by atoms with E-state index in [4.69, 9.17) is 0 Å². The molecule has 3 rings (SSSR count). The zero-order valence-corrected chi connectivity index (χ0v) is 14.2. The van der Waals surface area contributed by atoms with Crippen molar-refractivity contribution < 1.29 is 8.42 Å². The number of aromatic nitrogens is 4. The molecule has 0 spiro atoms. The van der Waals surface area contributed by atoms with Gasteiger partial charge in [0.25, 0.3) is 0 Å². The molecule has 1 heterocycles. The van der Waals surface area contributed by atoms with E-state index >= 15 is 0 Å². The summed E-state index contributed by atoms with van der Waals surface area (Å²) in [7, 11) is -3.22. The summed E-state index contributed by atoms with van der Waals surface area (Å²) in [4.78, 5) is 0.263. The highest BCUT2D eigenvalue weighted by atomic mass is 32.2. The minimum absolute atomic E-state index is 0.263. The van der Waals surface area contributed by atoms with Crippen molar-refractivity contribution in [3.63, 3.8) is 0 Å². The first-order valence-corrected chi connectivity index (χ1v) is 9.21. The van der Waals surface area contributed by atoms with Gasteiger partial charge in [0.2, 0.25) is 0 Å². The van der Waals surface area contributed by atoms with Crippen LogP contribution in [-0.4, -0.2) is 34.9 Å². The fourth-order valence-electron chi connectivity index (χ4n) is 2.30. The van der Waals surface area contributed by atoms with Crippen LogP contribution in [0.5, 0.6) is 0 Å². The van der Waals surface area contributed by atoms with Gasteiger partial charge in [0.1, 0.15) is 0 Å². The van der Waals surface area contributed by atoms with Gasteiger partial charge >= 0.3 is 0 Å². The Kier molecular flexibility index (Phi) is 4.30. The average Bonchev–Trinajstić information content (AvgIpc) is 3.02. The molecule has 1 aromatic heterocycles. The monoisotopic (exact) mass is 343 g/mol. The van der Waals surface area contributed by atoms with Gasteiger partial charge in [-0.2, -0.15) is 4.68 Å². The topological polar surface area (TPSA) is 89.8 Å². The van der Waals surface area contributed by atoms with Gasteiger partial charge in [0.05, 0.1) is 17.1 Å². The Hall–Kier alpha value is -2.74. The smallest absolute Gasteiger partial charge is 0.175 e. The molecule has 0 radical (unpaired) electrons. The van der Waals surface area contributed by atoms with E-state index < -0.39 is 9.84 Å². The zero-order chi connectivity index (χ0) is 17.2. The number of nitrogens with one attached hydrogen (secondary N) is 1. The highest BCUT2D eigenvalue weighted by Crippen LogP contribution is 2.16. The predicted octanol–water partition coefficient (Wildman–Crippen LogP) is 1.99. The Bertz CT molecular complexity index is 949. The molecule has 0 amide bonds. The fourth-order valence-corrected chi connectivity index (χ4v) is 2.93. The summed E-state index contributed by atoms with van der Waals surface area (Å²) in [5.74, 6) is 0.630. The molecule has 8 heteroatoms. The molecule has 24 heavy (non-hydrogen) atoms. The summed E-state index contributed by atoms with van der Waals surface area (Å²) in [5, 5.41) is 15.0. The summed E-state index contributed by atoms with van der Waals surface area (Å²) < 4.78 is 24.6. The summed E-state index contributed by atoms with van der Waals surface area (Å²) >= 11 is 0. The quantitative estimate of drug-likeness (QED) is 0.762. The zero-order valence-electron chi connectivity index (χ0n) is 13.3. The average molecular weight is 343 g/mol. The maximum Gasteiger partial charge on any atom is 0.175 e. The van der Waals surface area contributed by atoms with Crippen LogP contribution in [0, 0.1) is 6.92 Å². The molecule has 0 aliphatic heterocycles. The lowest BCUT2D eigenvalue weighted by Crippen LogP contribution is -2.09. The lowest BCUT2D eigenvalue weighted by atomic mass is 10.2. The molecular formula is C16H17N5O2S. The highest BCUT2D eigenvalue weighted by molar-refractivity contribution is 7.90. The molecule has 0 aliphatic carbocycles. The van der Waals surface area contributed by atoms with Crippen molar-refractivity contribution in [2.24, 2.45) is 0 Å². The van der Waals surface area contributed by atoms with Crippen LogP contribution >= 0.6 is 0 Å². The van der Waals surface area contributed by atoms with Crippen LogP contribution in [0.15, 0.2) is 53.4 Å². The Morgan fingerprint density at radius 3 is 2.46 bits per heavy atom. The molecule has 0 atom stereocenters. The van der Waals surface area contributed by atoms with Gasteiger partial charge in [-0.3, -0.25) is 0 Å². The van der Waals surface area contributed by atoms with Gasteiger partial charge in [-0.05, 0) is 53.2 Å². The second kappa shape index (κ2) is 6.40. The molecule has 0 saturated heterocycles. The first-order chi connectivity index (χ1) is 11.4. The van der Waals surface area contributed by atoms with E-state index in [2.05, 4.69) is 20.8 Å². The molecule has 2 aromatic carbocycles. The van der Waals surface area contributed by atoms with Gasteiger partial charge in [-0.25, -0.2) is 8.42 Å². The van der Waals surface area contributed by atoms with Crippen LogP contribution in [0.3, 0.4) is 0 Å². The Morgan fingerprint density at radius 2 is 1.79 bits per heavy atom. The number of hydrogen-bond acceptors (Lipinski definition) is 6. The van der Waals surface area contributed by atoms with Gasteiger partial charge in [-0.15, -0.1) is 5.10 Å². The van der Waals surface area contributed by atoms with Crippen LogP contribution in [0.1, 0.15) is 11.4 Å². The van der Waals surface area contributed by atoms with E-state index in [1.165, 1.54) is 6.26 Å². The van der Waals surface area contributed by atoms with Crippen LogP contribution in [0.2, 0.25) is 0 Å². The summed E-state index contributed by atoms with van der Waals surface area (Å²) in [5.41, 5.74) is 2.85. The minimum Gasteiger partial charge on any atom is -0.377 e. The molecule has 0 aliphatic rings. The van der Waals surface area contributed by atoms with Gasteiger partial charge in [0, 0.05) is 11.9 Å². The number of aryl methyl sites for hydroxylation is 1. The van der Waals surface area contributed by atoms with Crippen molar-refractivity contribution in [2.75, 3.05) is 11.6 Å². The van der Waals surface area contributed by atoms with Gasteiger partial charge in [-0.1, -0.05) is 18.2 Å². The van der Waals surface area contributed by atoms with Gasteiger partial charge < -0.3 is 5.32 Å². The number of nitrogens with zero attached hydrogens (tertiary/aromatic N) is 4. The van der Waals surface area contributed by atoms with Crippen LogP contribution in [-0.2, 0) is 16.4 Å². The van der Waals surface area contributed by atoms with E-state index in [9.17, 15) is 8.42 Å². The maximum absolute atomic E-state index is 11.5. The summed E-state index contributed by atoms with van der Waals surface area (Å²) in [6.07, 6.45) is 1.18. The number of sulfone groups is 1. The van der Waals surface area contributed by atoms with E-state index in [0.29, 0.717) is 18.1 Å². The van der Waals surface area contributed by atoms with Crippen molar-refractivity contribution in [2.45, 2.75) is 18.4 Å². The lowest BCUT2D eigenvalue weighted by Gasteiger charge is -2.09. The van der Waals surface area contributed by atoms with Crippen LogP contribution in [0.4, 0.5) is 5.69 Å². The number of tetrazole rings is 1. The molecule has 0 saturated carbocycles. The molecular weight excluding hydrogens is 326 g/mol. The van der Waals surface area contributed by atoms with Crippen molar-refractivity contribution >= 4 is 15.5 Å². The first kappa shape index (κ1) is 16.1. The fraction of sp³-hybridized carbons (Fsp3) is 0.188. The third kappa shape index (κ3) is 3.43. The normalized spacial score (nSPS) is 11.4. The van der Waals surface area contributed by atoms with Crippen molar-refractivity contribution in [1.82, 2.24) is 20.2 Å². The third-order valence-electron chi connectivity index (χ3n) is 3.63. The van der Waals surface area contributed by atoms with E-state index in [1.807, 2.05) is 31.2 Å². The SMILES string of the molecule is Cc1ccccc1NCc1nnnn1-c1ccc(S(C)(=O)=O)cc1.